The van der Waals surface area contributed by atoms with Gasteiger partial charge in [0.2, 0.25) is 0 Å². The number of hydrogen-bond donors (Lipinski definition) is 2. The number of benzene rings is 1. The summed E-state index contributed by atoms with van der Waals surface area (Å²) in [6.45, 7) is 2.28. The maximum absolute atomic E-state index is 11.7. The molecule has 0 aromatic heterocycles. The summed E-state index contributed by atoms with van der Waals surface area (Å²) in [4.78, 5) is 11.7. The van der Waals surface area contributed by atoms with Crippen molar-refractivity contribution in [3.8, 4) is 0 Å². The van der Waals surface area contributed by atoms with Crippen molar-refractivity contribution >= 4 is 27.5 Å². The molecule has 1 aromatic carbocycles. The van der Waals surface area contributed by atoms with Gasteiger partial charge in [0.1, 0.15) is 0 Å². The van der Waals surface area contributed by atoms with E-state index in [-0.39, 0.29) is 23.6 Å². The molecule has 1 aliphatic rings. The van der Waals surface area contributed by atoms with Crippen LogP contribution >= 0.6 is 11.6 Å². The van der Waals surface area contributed by atoms with E-state index in [2.05, 4.69) is 10.6 Å². The highest BCUT2D eigenvalue weighted by Gasteiger charge is 2.28. The lowest BCUT2D eigenvalue weighted by Gasteiger charge is -2.12. The number of carbonyl (C=O) groups excluding carboxylic acids is 1. The number of urea groups is 1. The van der Waals surface area contributed by atoms with Gasteiger partial charge >= 0.3 is 6.03 Å². The number of carbonyl (C=O) groups is 1. The van der Waals surface area contributed by atoms with E-state index in [0.29, 0.717) is 18.0 Å². The first-order valence-electron chi connectivity index (χ1n) is 6.35. The van der Waals surface area contributed by atoms with E-state index >= 15 is 0 Å². The highest BCUT2D eigenvalue weighted by molar-refractivity contribution is 7.91. The van der Waals surface area contributed by atoms with Gasteiger partial charge < -0.3 is 10.6 Å². The Kier molecular flexibility index (Phi) is 4.55. The lowest BCUT2D eigenvalue weighted by Crippen LogP contribution is -2.42. The number of hydrogen-bond acceptors (Lipinski definition) is 3. The summed E-state index contributed by atoms with van der Waals surface area (Å²) in [5, 5.41) is 6.08. The minimum absolute atomic E-state index is 0.0282. The van der Waals surface area contributed by atoms with Crippen LogP contribution < -0.4 is 10.6 Å². The quantitative estimate of drug-likeness (QED) is 0.890. The van der Waals surface area contributed by atoms with Gasteiger partial charge in [-0.1, -0.05) is 23.7 Å². The normalized spacial score (nSPS) is 20.6. The fourth-order valence-electron chi connectivity index (χ4n) is 2.14. The monoisotopic (exact) mass is 316 g/mol. The van der Waals surface area contributed by atoms with Gasteiger partial charge in [-0.15, -0.1) is 0 Å². The number of sulfone groups is 1. The molecular formula is C13H17ClN2O3S. The van der Waals surface area contributed by atoms with Crippen LogP contribution in [0.25, 0.3) is 0 Å². The van der Waals surface area contributed by atoms with Crippen LogP contribution in [0.3, 0.4) is 0 Å². The maximum atomic E-state index is 11.7. The highest BCUT2D eigenvalue weighted by Crippen LogP contribution is 2.16. The first-order valence-corrected chi connectivity index (χ1v) is 8.55. The topological polar surface area (TPSA) is 75.3 Å². The van der Waals surface area contributed by atoms with Crippen molar-refractivity contribution in [2.45, 2.75) is 25.9 Å². The Labute approximate surface area is 123 Å². The summed E-state index contributed by atoms with van der Waals surface area (Å²) in [5.41, 5.74) is 1.90. The molecule has 2 amide bonds. The van der Waals surface area contributed by atoms with Crippen molar-refractivity contribution in [1.29, 1.82) is 0 Å². The van der Waals surface area contributed by atoms with Gasteiger partial charge in [-0.2, -0.15) is 0 Å². The second-order valence-electron chi connectivity index (χ2n) is 5.01. The summed E-state index contributed by atoms with van der Waals surface area (Å²) in [5.74, 6) is 0.175. The predicted octanol–water partition coefficient (Wildman–Crippen LogP) is 1.63. The van der Waals surface area contributed by atoms with Gasteiger partial charge in [0.25, 0.3) is 0 Å². The van der Waals surface area contributed by atoms with Crippen LogP contribution in [0, 0.1) is 6.92 Å². The molecule has 0 bridgehead atoms. The summed E-state index contributed by atoms with van der Waals surface area (Å²) in [6.07, 6.45) is 0.482. The zero-order valence-electron chi connectivity index (χ0n) is 11.1. The van der Waals surface area contributed by atoms with Crippen molar-refractivity contribution in [3.63, 3.8) is 0 Å². The molecule has 1 saturated heterocycles. The summed E-state index contributed by atoms with van der Waals surface area (Å²) in [7, 11) is -2.98. The van der Waals surface area contributed by atoms with Crippen molar-refractivity contribution in [3.05, 3.63) is 34.3 Å². The fraction of sp³-hybridized carbons (Fsp3) is 0.462. The van der Waals surface area contributed by atoms with Crippen LogP contribution in [0.1, 0.15) is 17.5 Å². The molecule has 1 fully saturated rings. The molecule has 110 valence electrons. The molecule has 1 aliphatic heterocycles. The number of halogens is 1. The van der Waals surface area contributed by atoms with Crippen LogP contribution in [0.15, 0.2) is 18.2 Å². The van der Waals surface area contributed by atoms with E-state index in [1.165, 1.54) is 0 Å². The van der Waals surface area contributed by atoms with Crippen molar-refractivity contribution in [1.82, 2.24) is 10.6 Å². The molecule has 1 heterocycles. The van der Waals surface area contributed by atoms with Crippen molar-refractivity contribution in [2.75, 3.05) is 11.5 Å². The molecular weight excluding hydrogens is 300 g/mol. The Morgan fingerprint density at radius 2 is 2.20 bits per heavy atom. The smallest absolute Gasteiger partial charge is 0.315 e. The van der Waals surface area contributed by atoms with E-state index < -0.39 is 9.84 Å². The number of amides is 2. The second kappa shape index (κ2) is 6.01. The molecule has 0 aliphatic carbocycles. The van der Waals surface area contributed by atoms with Crippen molar-refractivity contribution < 1.29 is 13.2 Å². The molecule has 0 saturated carbocycles. The van der Waals surface area contributed by atoms with Crippen LogP contribution in [0.5, 0.6) is 0 Å². The largest absolute Gasteiger partial charge is 0.334 e. The number of rotatable bonds is 3. The molecule has 0 radical (unpaired) electrons. The molecule has 2 N–H and O–H groups in total. The third-order valence-corrected chi connectivity index (χ3v) is 5.44. The maximum Gasteiger partial charge on any atom is 0.315 e. The van der Waals surface area contributed by atoms with Crippen LogP contribution in [0.2, 0.25) is 5.02 Å². The Balaban J connectivity index is 1.82. The summed E-state index contributed by atoms with van der Waals surface area (Å²) < 4.78 is 22.6. The van der Waals surface area contributed by atoms with Crippen molar-refractivity contribution in [2.24, 2.45) is 0 Å². The minimum Gasteiger partial charge on any atom is -0.334 e. The van der Waals surface area contributed by atoms with E-state index in [1.54, 1.807) is 6.07 Å². The van der Waals surface area contributed by atoms with Gasteiger partial charge in [0.05, 0.1) is 11.5 Å². The van der Waals surface area contributed by atoms with Gasteiger partial charge in [-0.3, -0.25) is 0 Å². The van der Waals surface area contributed by atoms with E-state index in [1.807, 2.05) is 19.1 Å². The van der Waals surface area contributed by atoms with E-state index in [4.69, 9.17) is 11.6 Å². The summed E-state index contributed by atoms with van der Waals surface area (Å²) >= 11 is 5.93. The molecule has 1 atom stereocenters. The fourth-order valence-corrected chi connectivity index (χ4v) is 3.94. The Hall–Kier alpha value is -1.27. The van der Waals surface area contributed by atoms with E-state index in [0.717, 1.165) is 11.1 Å². The third kappa shape index (κ3) is 4.11. The molecule has 0 spiro atoms. The van der Waals surface area contributed by atoms with Crippen LogP contribution in [-0.2, 0) is 16.4 Å². The average Bonchev–Trinajstić information content (AvgIpc) is 2.70. The zero-order chi connectivity index (χ0) is 14.8. The SMILES string of the molecule is Cc1cc(CNC(=O)NC2CCS(=O)(=O)C2)ccc1Cl. The predicted molar refractivity (Wildman–Crippen MR) is 78.6 cm³/mol. The molecule has 20 heavy (non-hydrogen) atoms. The van der Waals surface area contributed by atoms with Crippen LogP contribution in [-0.4, -0.2) is 32.0 Å². The van der Waals surface area contributed by atoms with Crippen LogP contribution in [0.4, 0.5) is 4.79 Å². The minimum atomic E-state index is -2.98. The second-order valence-corrected chi connectivity index (χ2v) is 7.65. The zero-order valence-corrected chi connectivity index (χ0v) is 12.7. The molecule has 1 aromatic rings. The number of aryl methyl sites for hydroxylation is 1. The Bertz CT molecular complexity index is 616. The third-order valence-electron chi connectivity index (χ3n) is 3.24. The first-order chi connectivity index (χ1) is 9.35. The first kappa shape index (κ1) is 15.1. The molecule has 2 rings (SSSR count). The Morgan fingerprint density at radius 3 is 2.80 bits per heavy atom. The standard InChI is InChI=1S/C13H17ClN2O3S/c1-9-6-10(2-3-12(9)14)7-15-13(17)16-11-4-5-20(18,19)8-11/h2-3,6,11H,4-5,7-8H2,1H3,(H2,15,16,17). The lowest BCUT2D eigenvalue weighted by molar-refractivity contribution is 0.237. The molecule has 5 nitrogen and oxygen atoms in total. The highest BCUT2D eigenvalue weighted by atomic mass is 35.5. The van der Waals surface area contributed by atoms with Gasteiger partial charge in [0.15, 0.2) is 9.84 Å². The van der Waals surface area contributed by atoms with E-state index in [9.17, 15) is 13.2 Å². The average molecular weight is 317 g/mol. The van der Waals surface area contributed by atoms with Gasteiger partial charge in [0, 0.05) is 17.6 Å². The Morgan fingerprint density at radius 1 is 1.45 bits per heavy atom. The number of nitrogens with one attached hydrogen (secondary N) is 2. The lowest BCUT2D eigenvalue weighted by atomic mass is 10.1. The molecule has 7 heteroatoms. The summed E-state index contributed by atoms with van der Waals surface area (Å²) in [6, 6.07) is 4.90. The van der Waals surface area contributed by atoms with Gasteiger partial charge in [-0.25, -0.2) is 13.2 Å². The molecule has 1 unspecified atom stereocenters. The van der Waals surface area contributed by atoms with Gasteiger partial charge in [-0.05, 0) is 30.5 Å².